The van der Waals surface area contributed by atoms with Gasteiger partial charge >= 0.3 is 6.18 Å². The lowest BCUT2D eigenvalue weighted by atomic mass is 9.80. The van der Waals surface area contributed by atoms with Crippen LogP contribution in [0.5, 0.6) is 0 Å². The first kappa shape index (κ1) is 21.5. The minimum absolute atomic E-state index is 0.0722. The van der Waals surface area contributed by atoms with Crippen LogP contribution in [0.4, 0.5) is 19.0 Å². The molecule has 2 aliphatic rings. The van der Waals surface area contributed by atoms with E-state index in [2.05, 4.69) is 15.2 Å². The highest BCUT2D eigenvalue weighted by Gasteiger charge is 2.43. The molecule has 1 N–H and O–H groups in total. The summed E-state index contributed by atoms with van der Waals surface area (Å²) < 4.78 is 38.9. The normalized spacial score (nSPS) is 23.7. The topological polar surface area (TPSA) is 65.5 Å². The van der Waals surface area contributed by atoms with Crippen LogP contribution in [0.2, 0.25) is 0 Å². The first-order valence-corrected chi connectivity index (χ1v) is 10.0. The first-order valence-electron chi connectivity index (χ1n) is 10.0. The van der Waals surface area contributed by atoms with Crippen LogP contribution in [0.1, 0.15) is 38.3 Å². The summed E-state index contributed by atoms with van der Waals surface area (Å²) in [4.78, 5) is 32.3. The van der Waals surface area contributed by atoms with Gasteiger partial charge in [-0.25, -0.2) is 4.98 Å². The molecule has 3 rings (SSSR count). The average molecular weight is 412 g/mol. The number of carbonyl (C=O) groups is 2. The van der Waals surface area contributed by atoms with Gasteiger partial charge in [0.2, 0.25) is 11.8 Å². The maximum atomic E-state index is 13.0. The summed E-state index contributed by atoms with van der Waals surface area (Å²) in [5.74, 6) is -1.99. The number of nitrogens with zero attached hydrogens (tertiary/aromatic N) is 3. The van der Waals surface area contributed by atoms with Crippen LogP contribution in [0.25, 0.3) is 0 Å². The number of nitrogens with one attached hydrogen (secondary N) is 1. The molecular formula is C20H27F3N4O2. The van der Waals surface area contributed by atoms with Crippen LogP contribution in [0, 0.1) is 11.8 Å². The number of amides is 2. The van der Waals surface area contributed by atoms with Gasteiger partial charge in [-0.1, -0.05) is 12.5 Å². The molecule has 2 amide bonds. The van der Waals surface area contributed by atoms with E-state index < -0.39 is 23.9 Å². The van der Waals surface area contributed by atoms with Gasteiger partial charge in [-0.05, 0) is 31.4 Å². The number of carbonyl (C=O) groups excluding carboxylic acids is 2. The molecule has 1 aliphatic carbocycles. The highest BCUT2D eigenvalue weighted by Crippen LogP contribution is 2.40. The van der Waals surface area contributed by atoms with Crippen molar-refractivity contribution >= 4 is 17.6 Å². The van der Waals surface area contributed by atoms with Gasteiger partial charge in [0.1, 0.15) is 5.82 Å². The second-order valence-corrected chi connectivity index (χ2v) is 7.89. The molecule has 2 fully saturated rings. The summed E-state index contributed by atoms with van der Waals surface area (Å²) in [6.07, 6.45) is -3.43. The molecule has 29 heavy (non-hydrogen) atoms. The predicted octanol–water partition coefficient (Wildman–Crippen LogP) is 3.05. The smallest absolute Gasteiger partial charge is 0.340 e. The lowest BCUT2D eigenvalue weighted by Crippen LogP contribution is -2.47. The van der Waals surface area contributed by atoms with E-state index in [1.54, 1.807) is 24.0 Å². The fourth-order valence-electron chi connectivity index (χ4n) is 4.04. The van der Waals surface area contributed by atoms with Crippen LogP contribution >= 0.6 is 0 Å². The highest BCUT2D eigenvalue weighted by atomic mass is 19.4. The van der Waals surface area contributed by atoms with Gasteiger partial charge in [0.25, 0.3) is 0 Å². The molecule has 1 saturated carbocycles. The zero-order valence-electron chi connectivity index (χ0n) is 16.5. The molecular weight excluding hydrogens is 385 g/mol. The molecule has 1 saturated heterocycles. The van der Waals surface area contributed by atoms with Crippen molar-refractivity contribution in [1.29, 1.82) is 0 Å². The van der Waals surface area contributed by atoms with Crippen LogP contribution in [-0.4, -0.2) is 59.0 Å². The average Bonchev–Trinajstić information content (AvgIpc) is 2.68. The van der Waals surface area contributed by atoms with Gasteiger partial charge in [0, 0.05) is 45.6 Å². The minimum Gasteiger partial charge on any atom is -0.340 e. The van der Waals surface area contributed by atoms with Crippen molar-refractivity contribution < 1.29 is 22.8 Å². The monoisotopic (exact) mass is 412 g/mol. The molecule has 160 valence electrons. The Morgan fingerprint density at radius 3 is 2.55 bits per heavy atom. The maximum Gasteiger partial charge on any atom is 0.391 e. The molecule has 0 radical (unpaired) electrons. The SMILES string of the molecule is CC(=O)N1CCN(Cc2cccc(NC(=O)C3CCCC(C(F)(F)F)C3)n2)CC1. The molecule has 1 aromatic heterocycles. The number of hydrogen-bond donors (Lipinski definition) is 1. The number of alkyl halides is 3. The second-order valence-electron chi connectivity index (χ2n) is 7.89. The highest BCUT2D eigenvalue weighted by molar-refractivity contribution is 5.91. The van der Waals surface area contributed by atoms with Crippen molar-refractivity contribution in [3.05, 3.63) is 23.9 Å². The molecule has 1 aromatic rings. The quantitative estimate of drug-likeness (QED) is 0.826. The summed E-state index contributed by atoms with van der Waals surface area (Å²) in [6.45, 7) is 5.00. The van der Waals surface area contributed by atoms with Gasteiger partial charge in [0.05, 0.1) is 11.6 Å². The Bertz CT molecular complexity index is 733. The number of aromatic nitrogens is 1. The second kappa shape index (κ2) is 9.11. The Morgan fingerprint density at radius 1 is 1.17 bits per heavy atom. The molecule has 2 unspecified atom stereocenters. The lowest BCUT2D eigenvalue weighted by Gasteiger charge is -2.34. The van der Waals surface area contributed by atoms with E-state index in [0.29, 0.717) is 38.3 Å². The Balaban J connectivity index is 1.54. The van der Waals surface area contributed by atoms with Crippen molar-refractivity contribution in [3.63, 3.8) is 0 Å². The zero-order valence-corrected chi connectivity index (χ0v) is 16.5. The van der Waals surface area contributed by atoms with Gasteiger partial charge < -0.3 is 10.2 Å². The van der Waals surface area contributed by atoms with Gasteiger partial charge in [-0.2, -0.15) is 13.2 Å². The summed E-state index contributed by atoms with van der Waals surface area (Å²) in [6, 6.07) is 5.29. The lowest BCUT2D eigenvalue weighted by molar-refractivity contribution is -0.185. The number of piperazine rings is 1. The molecule has 2 heterocycles. The van der Waals surface area contributed by atoms with Crippen molar-refractivity contribution in [3.8, 4) is 0 Å². The number of pyridine rings is 1. The Kier molecular flexibility index (Phi) is 6.77. The zero-order chi connectivity index (χ0) is 21.0. The summed E-state index contributed by atoms with van der Waals surface area (Å²) in [7, 11) is 0. The van der Waals surface area contributed by atoms with Gasteiger partial charge in [-0.15, -0.1) is 0 Å². The van der Waals surface area contributed by atoms with E-state index >= 15 is 0 Å². The fraction of sp³-hybridized carbons (Fsp3) is 0.650. The largest absolute Gasteiger partial charge is 0.391 e. The van der Waals surface area contributed by atoms with Crippen LogP contribution < -0.4 is 5.32 Å². The maximum absolute atomic E-state index is 13.0. The van der Waals surface area contributed by atoms with E-state index in [9.17, 15) is 22.8 Å². The van der Waals surface area contributed by atoms with Crippen LogP contribution in [0.15, 0.2) is 18.2 Å². The van der Waals surface area contributed by atoms with Gasteiger partial charge in [-0.3, -0.25) is 14.5 Å². The Morgan fingerprint density at radius 2 is 1.90 bits per heavy atom. The Hall–Kier alpha value is -2.16. The first-order chi connectivity index (χ1) is 13.7. The molecule has 1 aliphatic heterocycles. The van der Waals surface area contributed by atoms with E-state index in [1.165, 1.54) is 0 Å². The van der Waals surface area contributed by atoms with Crippen molar-refractivity contribution in [1.82, 2.24) is 14.8 Å². The fourth-order valence-corrected chi connectivity index (χ4v) is 4.04. The third kappa shape index (κ3) is 5.91. The summed E-state index contributed by atoms with van der Waals surface area (Å²) in [5, 5.41) is 2.69. The van der Waals surface area contributed by atoms with E-state index in [0.717, 1.165) is 18.8 Å². The number of anilines is 1. The van der Waals surface area contributed by atoms with E-state index in [4.69, 9.17) is 0 Å². The molecule has 0 spiro atoms. The number of hydrogen-bond acceptors (Lipinski definition) is 4. The molecule has 2 atom stereocenters. The van der Waals surface area contributed by atoms with Crippen molar-refractivity contribution in [2.45, 2.75) is 45.3 Å². The standard InChI is InChI=1S/C20H27F3N4O2/c1-14(28)27-10-8-26(9-11-27)13-17-6-3-7-18(24-17)25-19(29)15-4-2-5-16(12-15)20(21,22)23/h3,6-7,15-16H,2,4-5,8-13H2,1H3,(H,24,25,29). The minimum atomic E-state index is -4.25. The van der Waals surface area contributed by atoms with E-state index in [-0.39, 0.29) is 18.7 Å². The molecule has 0 bridgehead atoms. The van der Waals surface area contributed by atoms with Crippen molar-refractivity contribution in [2.75, 3.05) is 31.5 Å². The van der Waals surface area contributed by atoms with Gasteiger partial charge in [0.15, 0.2) is 0 Å². The number of rotatable bonds is 4. The third-order valence-electron chi connectivity index (χ3n) is 5.77. The Labute approximate surface area is 168 Å². The van der Waals surface area contributed by atoms with Crippen molar-refractivity contribution in [2.24, 2.45) is 11.8 Å². The number of halogens is 3. The molecule has 0 aromatic carbocycles. The summed E-state index contributed by atoms with van der Waals surface area (Å²) >= 11 is 0. The van der Waals surface area contributed by atoms with Crippen LogP contribution in [-0.2, 0) is 16.1 Å². The third-order valence-corrected chi connectivity index (χ3v) is 5.77. The molecule has 9 heteroatoms. The van der Waals surface area contributed by atoms with E-state index in [1.807, 2.05) is 6.07 Å². The molecule has 6 nitrogen and oxygen atoms in total. The summed E-state index contributed by atoms with van der Waals surface area (Å²) in [5.41, 5.74) is 0.774. The predicted molar refractivity (Wildman–Crippen MR) is 102 cm³/mol. The van der Waals surface area contributed by atoms with Crippen LogP contribution in [0.3, 0.4) is 0 Å².